The second-order valence-electron chi connectivity index (χ2n) is 10.5. The maximum atomic E-state index is 13.1. The van der Waals surface area contributed by atoms with Gasteiger partial charge in [-0.05, 0) is 61.9 Å². The number of hydrogen-bond acceptors (Lipinski definition) is 4. The number of alkyl halides is 3. The number of likely N-dealkylation sites (tertiary alicyclic amines) is 2. The van der Waals surface area contributed by atoms with Crippen LogP contribution in [0, 0.1) is 11.3 Å². The predicted octanol–water partition coefficient (Wildman–Crippen LogP) is 6.79. The minimum absolute atomic E-state index is 0.00645. The fourth-order valence-corrected chi connectivity index (χ4v) is 5.20. The van der Waals surface area contributed by atoms with E-state index in [0.29, 0.717) is 21.5 Å². The van der Waals surface area contributed by atoms with E-state index in [-0.39, 0.29) is 11.3 Å². The molecule has 0 radical (unpaired) electrons. The molecule has 214 valence electrons. The Morgan fingerprint density at radius 1 is 1.03 bits per heavy atom. The molecule has 2 heterocycles. The SMILES string of the molecule is CC(C)COc1ccccc1CN1CCC2(CC1)CCN(C(=O)c1cccc(Cl)c1Cl)C2.O=C(O)C(F)(F)F. The van der Waals surface area contributed by atoms with Gasteiger partial charge in [-0.2, -0.15) is 13.2 Å². The number of hydrogen-bond donors (Lipinski definition) is 1. The van der Waals surface area contributed by atoms with E-state index < -0.39 is 12.1 Å². The lowest BCUT2D eigenvalue weighted by atomic mass is 9.77. The summed E-state index contributed by atoms with van der Waals surface area (Å²) in [7, 11) is 0. The van der Waals surface area contributed by atoms with Crippen LogP contribution in [-0.2, 0) is 11.3 Å². The van der Waals surface area contributed by atoms with E-state index in [9.17, 15) is 18.0 Å². The Kier molecular flexibility index (Phi) is 10.5. The first-order valence-electron chi connectivity index (χ1n) is 12.8. The van der Waals surface area contributed by atoms with Gasteiger partial charge < -0.3 is 14.7 Å². The molecule has 2 fully saturated rings. The van der Waals surface area contributed by atoms with Gasteiger partial charge in [-0.3, -0.25) is 9.69 Å². The number of nitrogens with zero attached hydrogens (tertiary/aromatic N) is 2. The van der Waals surface area contributed by atoms with Crippen LogP contribution >= 0.6 is 23.2 Å². The summed E-state index contributed by atoms with van der Waals surface area (Å²) >= 11 is 12.4. The van der Waals surface area contributed by atoms with Crippen LogP contribution in [0.15, 0.2) is 42.5 Å². The zero-order chi connectivity index (χ0) is 28.8. The first-order valence-corrected chi connectivity index (χ1v) is 13.5. The second kappa shape index (κ2) is 13.2. The quantitative estimate of drug-likeness (QED) is 0.402. The van der Waals surface area contributed by atoms with Crippen LogP contribution in [0.3, 0.4) is 0 Å². The van der Waals surface area contributed by atoms with E-state index >= 15 is 0 Å². The van der Waals surface area contributed by atoms with Gasteiger partial charge >= 0.3 is 12.1 Å². The number of aliphatic carboxylic acids is 1. The van der Waals surface area contributed by atoms with E-state index in [0.717, 1.165) is 64.3 Å². The summed E-state index contributed by atoms with van der Waals surface area (Å²) in [5.41, 5.74) is 1.97. The third-order valence-electron chi connectivity index (χ3n) is 7.01. The van der Waals surface area contributed by atoms with E-state index in [4.69, 9.17) is 37.8 Å². The van der Waals surface area contributed by atoms with Crippen molar-refractivity contribution in [2.24, 2.45) is 11.3 Å². The highest BCUT2D eigenvalue weighted by Crippen LogP contribution is 2.42. The molecule has 1 spiro atoms. The van der Waals surface area contributed by atoms with Gasteiger partial charge in [0.05, 0.1) is 22.2 Å². The van der Waals surface area contributed by atoms with Crippen LogP contribution in [0.4, 0.5) is 13.2 Å². The monoisotopic (exact) mass is 588 g/mol. The standard InChI is InChI=1S/C26H32Cl2N2O2.C2HF3O2/c1-19(2)17-32-23-9-4-3-6-20(23)16-29-13-10-26(11-14-29)12-15-30(18-26)25(31)21-7-5-8-22(27)24(21)28;3-2(4,5)1(6)7/h3-9,19H,10-18H2,1-2H3;(H,6,7). The fourth-order valence-electron chi connectivity index (χ4n) is 4.81. The van der Waals surface area contributed by atoms with E-state index in [1.165, 1.54) is 5.56 Å². The molecule has 11 heteroatoms. The van der Waals surface area contributed by atoms with Gasteiger partial charge in [0.15, 0.2) is 0 Å². The minimum Gasteiger partial charge on any atom is -0.493 e. The van der Waals surface area contributed by atoms with Crippen LogP contribution in [0.25, 0.3) is 0 Å². The Morgan fingerprint density at radius 3 is 2.26 bits per heavy atom. The number of benzene rings is 2. The van der Waals surface area contributed by atoms with Crippen molar-refractivity contribution >= 4 is 35.1 Å². The number of halogens is 5. The van der Waals surface area contributed by atoms with Crippen LogP contribution in [0.5, 0.6) is 5.75 Å². The third-order valence-corrected chi connectivity index (χ3v) is 7.82. The number of rotatable bonds is 6. The molecule has 0 aliphatic carbocycles. The minimum atomic E-state index is -5.08. The summed E-state index contributed by atoms with van der Waals surface area (Å²) in [5.74, 6) is -1.26. The van der Waals surface area contributed by atoms with Gasteiger partial charge in [-0.15, -0.1) is 0 Å². The largest absolute Gasteiger partial charge is 0.493 e. The highest BCUT2D eigenvalue weighted by molar-refractivity contribution is 6.43. The van der Waals surface area contributed by atoms with Crippen molar-refractivity contribution in [2.75, 3.05) is 32.8 Å². The molecule has 2 aromatic rings. The molecule has 2 aliphatic rings. The summed E-state index contributed by atoms with van der Waals surface area (Å²) in [6, 6.07) is 13.6. The fraction of sp³-hybridized carbons (Fsp3) is 0.500. The Hall–Kier alpha value is -2.49. The maximum Gasteiger partial charge on any atom is 0.490 e. The molecule has 39 heavy (non-hydrogen) atoms. The van der Waals surface area contributed by atoms with Gasteiger partial charge in [0, 0.05) is 25.2 Å². The Labute approximate surface area is 236 Å². The molecule has 0 unspecified atom stereocenters. The smallest absolute Gasteiger partial charge is 0.490 e. The van der Waals surface area contributed by atoms with Gasteiger partial charge in [-0.25, -0.2) is 4.79 Å². The van der Waals surface area contributed by atoms with Crippen molar-refractivity contribution in [2.45, 2.75) is 45.8 Å². The molecule has 0 saturated carbocycles. The lowest BCUT2D eigenvalue weighted by Gasteiger charge is -2.39. The van der Waals surface area contributed by atoms with Crippen molar-refractivity contribution in [3.05, 3.63) is 63.6 Å². The zero-order valence-electron chi connectivity index (χ0n) is 21.9. The summed E-state index contributed by atoms with van der Waals surface area (Å²) in [6.07, 6.45) is -1.82. The molecule has 0 bridgehead atoms. The van der Waals surface area contributed by atoms with E-state index in [2.05, 4.69) is 36.9 Å². The van der Waals surface area contributed by atoms with Gasteiger partial charge in [0.2, 0.25) is 0 Å². The number of carbonyl (C=O) groups excluding carboxylic acids is 1. The lowest BCUT2D eigenvalue weighted by molar-refractivity contribution is -0.192. The number of piperidine rings is 1. The maximum absolute atomic E-state index is 13.1. The van der Waals surface area contributed by atoms with Crippen LogP contribution in [0.1, 0.15) is 49.0 Å². The lowest BCUT2D eigenvalue weighted by Crippen LogP contribution is -2.42. The Balaban J connectivity index is 0.000000532. The van der Waals surface area contributed by atoms with Crippen LogP contribution in [0.2, 0.25) is 10.0 Å². The van der Waals surface area contributed by atoms with Crippen molar-refractivity contribution in [1.29, 1.82) is 0 Å². The molecule has 4 rings (SSSR count). The first kappa shape index (κ1) is 31.0. The van der Waals surface area contributed by atoms with Crippen LogP contribution in [-0.4, -0.2) is 65.7 Å². The molecule has 2 aromatic carbocycles. The molecular formula is C28H33Cl2F3N2O4. The molecule has 2 aliphatic heterocycles. The van der Waals surface area contributed by atoms with Crippen molar-refractivity contribution < 1.29 is 32.6 Å². The van der Waals surface area contributed by atoms with Crippen LogP contribution < -0.4 is 4.74 Å². The van der Waals surface area contributed by atoms with Crippen molar-refractivity contribution in [1.82, 2.24) is 9.80 Å². The normalized spacial score (nSPS) is 17.2. The molecule has 0 aromatic heterocycles. The second-order valence-corrected chi connectivity index (χ2v) is 11.3. The summed E-state index contributed by atoms with van der Waals surface area (Å²) in [4.78, 5) is 26.4. The molecule has 2 saturated heterocycles. The van der Waals surface area contributed by atoms with Gasteiger partial charge in [0.1, 0.15) is 5.75 Å². The van der Waals surface area contributed by atoms with Gasteiger partial charge in [-0.1, -0.05) is 61.3 Å². The summed E-state index contributed by atoms with van der Waals surface area (Å²) in [6.45, 7) is 9.65. The Bertz CT molecular complexity index is 1150. The third kappa shape index (κ3) is 8.50. The number of para-hydroxylation sites is 1. The van der Waals surface area contributed by atoms with Crippen molar-refractivity contribution in [3.8, 4) is 5.75 Å². The molecular weight excluding hydrogens is 556 g/mol. The molecule has 1 amide bonds. The zero-order valence-corrected chi connectivity index (χ0v) is 23.5. The topological polar surface area (TPSA) is 70.1 Å². The first-order chi connectivity index (χ1) is 18.3. The molecule has 0 atom stereocenters. The number of carbonyl (C=O) groups is 2. The highest BCUT2D eigenvalue weighted by atomic mass is 35.5. The number of carboxylic acid groups (broad SMARTS) is 1. The van der Waals surface area contributed by atoms with E-state index in [1.54, 1.807) is 18.2 Å². The summed E-state index contributed by atoms with van der Waals surface area (Å²) in [5, 5.41) is 7.91. The number of amides is 1. The Morgan fingerprint density at radius 2 is 1.64 bits per heavy atom. The molecule has 6 nitrogen and oxygen atoms in total. The van der Waals surface area contributed by atoms with Gasteiger partial charge in [0.25, 0.3) is 5.91 Å². The number of ether oxygens (including phenoxy) is 1. The highest BCUT2D eigenvalue weighted by Gasteiger charge is 2.42. The average molecular weight is 589 g/mol. The average Bonchev–Trinajstić information content (AvgIpc) is 3.29. The van der Waals surface area contributed by atoms with E-state index in [1.807, 2.05) is 11.0 Å². The summed E-state index contributed by atoms with van der Waals surface area (Å²) < 4.78 is 37.8. The molecule has 1 N–H and O–H groups in total. The number of carboxylic acids is 1. The van der Waals surface area contributed by atoms with Crippen molar-refractivity contribution in [3.63, 3.8) is 0 Å². The predicted molar refractivity (Wildman–Crippen MR) is 144 cm³/mol.